The van der Waals surface area contributed by atoms with Gasteiger partial charge >= 0.3 is 5.69 Å². The van der Waals surface area contributed by atoms with Crippen LogP contribution in [0.1, 0.15) is 35.1 Å². The summed E-state index contributed by atoms with van der Waals surface area (Å²) < 4.78 is 12.7. The number of nitrogen functional groups attached to an aromatic ring is 1. The number of nitro benzene ring substituents is 2. The van der Waals surface area contributed by atoms with Crippen molar-refractivity contribution in [3.05, 3.63) is 115 Å². The predicted octanol–water partition coefficient (Wildman–Crippen LogP) is 7.71. The average Bonchev–Trinajstić information content (AvgIpc) is 2.99. The molecule has 0 saturated carbocycles. The molecule has 0 aliphatic heterocycles. The predicted molar refractivity (Wildman–Crippen MR) is 178 cm³/mol. The van der Waals surface area contributed by atoms with Gasteiger partial charge in [-0.25, -0.2) is 18.9 Å². The summed E-state index contributed by atoms with van der Waals surface area (Å²) >= 11 is 0. The fourth-order valence-electron chi connectivity index (χ4n) is 2.76. The number of nitro groups is 2. The zero-order valence-corrected chi connectivity index (χ0v) is 24.9. The van der Waals surface area contributed by atoms with Crippen LogP contribution in [-0.4, -0.2) is 41.2 Å². The summed E-state index contributed by atoms with van der Waals surface area (Å²) in [6.45, 7) is 29.9. The molecular weight excluding hydrogens is 585 g/mol. The molecule has 0 amide bonds. The van der Waals surface area contributed by atoms with Crippen molar-refractivity contribution < 1.29 is 19.3 Å². The molecule has 0 fully saturated rings. The van der Waals surface area contributed by atoms with Gasteiger partial charge in [0.2, 0.25) is 0 Å². The van der Waals surface area contributed by atoms with E-state index in [0.29, 0.717) is 29.3 Å². The summed E-state index contributed by atoms with van der Waals surface area (Å²) in [5, 5.41) is 34.2. The Balaban J connectivity index is -0.000000535. The Morgan fingerprint density at radius 2 is 1.13 bits per heavy atom. The molecule has 0 unspecified atom stereocenters. The van der Waals surface area contributed by atoms with E-state index < -0.39 is 21.4 Å². The number of hydrogen-bond acceptors (Lipinski definition) is 9. The number of nitrogens with one attached hydrogen (secondary N) is 2. The minimum atomic E-state index is -0.978. The molecule has 45 heavy (non-hydrogen) atoms. The summed E-state index contributed by atoms with van der Waals surface area (Å²) in [7, 11) is 0. The highest BCUT2D eigenvalue weighted by Gasteiger charge is 2.13. The molecule has 14 nitrogen and oxygen atoms in total. The number of rotatable bonds is 6. The van der Waals surface area contributed by atoms with Gasteiger partial charge < -0.3 is 27.2 Å². The van der Waals surface area contributed by atoms with Gasteiger partial charge in [0.25, 0.3) is 5.69 Å². The Morgan fingerprint density at radius 1 is 0.778 bits per heavy atom. The Hall–Kier alpha value is -5.82. The van der Waals surface area contributed by atoms with E-state index in [1.54, 1.807) is 25.1 Å². The van der Waals surface area contributed by atoms with Crippen LogP contribution in [0.15, 0.2) is 54.6 Å². The second-order valence-electron chi connectivity index (χ2n) is 7.74. The summed E-state index contributed by atoms with van der Waals surface area (Å²) in [6.07, 6.45) is 0. The number of aliphatic hydroxyl groups excluding tert-OH is 1. The third-order valence-corrected chi connectivity index (χ3v) is 4.46. The van der Waals surface area contributed by atoms with Crippen LogP contribution in [0.25, 0.3) is 14.5 Å². The second-order valence-corrected chi connectivity index (χ2v) is 7.74. The third-order valence-electron chi connectivity index (χ3n) is 4.46. The van der Waals surface area contributed by atoms with E-state index in [0.717, 1.165) is 30.9 Å². The van der Waals surface area contributed by atoms with Crippen LogP contribution < -0.4 is 22.1 Å². The first-order valence-corrected chi connectivity index (χ1v) is 13.0. The van der Waals surface area contributed by atoms with Crippen molar-refractivity contribution in [3.8, 4) is 0 Å². The van der Waals surface area contributed by atoms with Gasteiger partial charge in [-0.15, -0.1) is 0 Å². The topological polar surface area (TPSA) is 196 Å². The van der Waals surface area contributed by atoms with E-state index in [2.05, 4.69) is 25.2 Å². The molecule has 242 valence electrons. The van der Waals surface area contributed by atoms with Crippen molar-refractivity contribution in [2.24, 2.45) is 5.73 Å². The lowest BCUT2D eigenvalue weighted by Crippen LogP contribution is -2.00. The van der Waals surface area contributed by atoms with Crippen LogP contribution in [0.5, 0.6) is 0 Å². The Bertz CT molecular complexity index is 1460. The molecule has 0 saturated heterocycles. The maximum absolute atomic E-state index is 12.7. The van der Waals surface area contributed by atoms with Gasteiger partial charge in [-0.05, 0) is 63.7 Å². The molecule has 3 rings (SSSR count). The van der Waals surface area contributed by atoms with Crippen molar-refractivity contribution >= 4 is 45.5 Å². The Kier molecular flexibility index (Phi) is 25.1. The SMILES string of the molecule is C.CCN.CCO.[C-]#[N+]c1ccc(N)c(NCC)c1.[C-]#[N+]c1ccc([N+](=O)[O-])c(F)c1.[C-]#[N+]c1ccc([N+](=O)[O-])c(NCC)c1. The minimum absolute atomic E-state index is 0. The molecule has 0 spiro atoms. The lowest BCUT2D eigenvalue weighted by molar-refractivity contribution is -0.387. The molecule has 15 heteroatoms. The molecule has 0 radical (unpaired) electrons. The van der Waals surface area contributed by atoms with E-state index in [1.807, 2.05) is 20.8 Å². The number of benzene rings is 3. The monoisotopic (exact) mass is 625 g/mol. The van der Waals surface area contributed by atoms with E-state index in [9.17, 15) is 24.6 Å². The highest BCUT2D eigenvalue weighted by Crippen LogP contribution is 2.29. The standard InChI is InChI=1S/C9H9N3O2.C9H11N3.C7H3FN2O2.C2H7N.C2H6O.CH4/c1-3-11-8-6-7(10-2)4-5-9(8)12(13)14;1-3-12-9-6-7(11-2)4-5-8(9)10;1-9-5-2-3-7(10(11)12)6(8)4-5;2*1-2-3;/h4-6,11H,3H2,1H3;4-6,12H,3,10H2,1H3;2-4H;2-3H2,1H3;3H,2H2,1H3;1H4. The van der Waals surface area contributed by atoms with Gasteiger partial charge in [0.15, 0.2) is 22.9 Å². The molecule has 0 atom stereocenters. The zero-order chi connectivity index (χ0) is 34.1. The number of nitrogens with two attached hydrogens (primary N) is 2. The van der Waals surface area contributed by atoms with Gasteiger partial charge in [-0.3, -0.25) is 20.2 Å². The first-order chi connectivity index (χ1) is 20.9. The van der Waals surface area contributed by atoms with Gasteiger partial charge in [0.05, 0.1) is 35.3 Å². The largest absolute Gasteiger partial charge is 0.397 e. The van der Waals surface area contributed by atoms with Crippen LogP contribution in [0.4, 0.5) is 49.9 Å². The lowest BCUT2D eigenvalue weighted by atomic mass is 10.2. The molecule has 0 aliphatic carbocycles. The van der Waals surface area contributed by atoms with Crippen LogP contribution >= 0.6 is 0 Å². The van der Waals surface area contributed by atoms with E-state index >= 15 is 0 Å². The fraction of sp³-hybridized carbons (Fsp3) is 0.300. The summed E-state index contributed by atoms with van der Waals surface area (Å²) in [4.78, 5) is 28.8. The first-order valence-electron chi connectivity index (χ1n) is 13.0. The van der Waals surface area contributed by atoms with Crippen LogP contribution in [0.3, 0.4) is 0 Å². The normalized spacial score (nSPS) is 8.44. The molecule has 0 aromatic heterocycles. The quantitative estimate of drug-likeness (QED) is 0.0788. The number of aliphatic hydroxyl groups is 1. The highest BCUT2D eigenvalue weighted by atomic mass is 19.1. The van der Waals surface area contributed by atoms with Gasteiger partial charge in [-0.2, -0.15) is 0 Å². The number of anilines is 3. The van der Waals surface area contributed by atoms with Gasteiger partial charge in [0, 0.05) is 37.5 Å². The van der Waals surface area contributed by atoms with Crippen molar-refractivity contribution in [2.45, 2.75) is 35.1 Å². The van der Waals surface area contributed by atoms with Crippen LogP contribution in [-0.2, 0) is 0 Å². The number of nitrogens with zero attached hydrogens (tertiary/aromatic N) is 5. The molecule has 3 aromatic carbocycles. The summed E-state index contributed by atoms with van der Waals surface area (Å²) in [6, 6.07) is 12.5. The molecule has 0 bridgehead atoms. The second kappa shape index (κ2) is 25.9. The minimum Gasteiger partial charge on any atom is -0.397 e. The van der Waals surface area contributed by atoms with Gasteiger partial charge in [0.1, 0.15) is 5.69 Å². The Labute approximate surface area is 263 Å². The van der Waals surface area contributed by atoms with E-state index in [-0.39, 0.29) is 25.4 Å². The summed E-state index contributed by atoms with van der Waals surface area (Å²) in [5.74, 6) is -0.978. The lowest BCUT2D eigenvalue weighted by Gasteiger charge is -2.06. The fourth-order valence-corrected chi connectivity index (χ4v) is 2.76. The maximum Gasteiger partial charge on any atom is 0.302 e. The maximum atomic E-state index is 12.7. The molecule has 3 aromatic rings. The number of hydrogen-bond donors (Lipinski definition) is 5. The smallest absolute Gasteiger partial charge is 0.302 e. The van der Waals surface area contributed by atoms with E-state index in [4.69, 9.17) is 36.3 Å². The third kappa shape index (κ3) is 17.7. The van der Waals surface area contributed by atoms with Crippen LogP contribution in [0.2, 0.25) is 0 Å². The molecule has 0 aliphatic rings. The zero-order valence-electron chi connectivity index (χ0n) is 24.9. The Morgan fingerprint density at radius 3 is 1.51 bits per heavy atom. The van der Waals surface area contributed by atoms with E-state index in [1.165, 1.54) is 24.3 Å². The average molecular weight is 626 g/mol. The molecular formula is C30H40FN9O5. The van der Waals surface area contributed by atoms with Crippen molar-refractivity contribution in [3.63, 3.8) is 0 Å². The molecule has 0 heterocycles. The van der Waals surface area contributed by atoms with Gasteiger partial charge in [-0.1, -0.05) is 20.4 Å². The van der Waals surface area contributed by atoms with Crippen molar-refractivity contribution in [1.29, 1.82) is 0 Å². The van der Waals surface area contributed by atoms with Crippen molar-refractivity contribution in [2.75, 3.05) is 42.6 Å². The highest BCUT2D eigenvalue weighted by molar-refractivity contribution is 5.72. The molecule has 7 N–H and O–H groups in total. The summed E-state index contributed by atoms with van der Waals surface area (Å²) in [5.41, 5.74) is 12.9. The first kappa shape index (κ1) is 43.6. The van der Waals surface area contributed by atoms with Crippen LogP contribution in [0, 0.1) is 45.8 Å². The number of halogens is 1. The van der Waals surface area contributed by atoms with Crippen molar-refractivity contribution in [1.82, 2.24) is 0 Å².